The number of amides is 1. The van der Waals surface area contributed by atoms with E-state index in [0.717, 1.165) is 33.5 Å². The number of rotatable bonds is 7. The lowest BCUT2D eigenvalue weighted by atomic mass is 9.95. The first kappa shape index (κ1) is 21.0. The number of carbonyl (C=O) groups excluding carboxylic acids is 4. The van der Waals surface area contributed by atoms with E-state index < -0.39 is 53.8 Å². The molecule has 8 nitrogen and oxygen atoms in total. The summed E-state index contributed by atoms with van der Waals surface area (Å²) in [5.41, 5.74) is -0.306. The molecule has 2 atom stereocenters. The molecule has 0 bridgehead atoms. The van der Waals surface area contributed by atoms with Crippen molar-refractivity contribution in [2.24, 2.45) is 5.92 Å². The summed E-state index contributed by atoms with van der Waals surface area (Å²) < 4.78 is 39.8. The van der Waals surface area contributed by atoms with Gasteiger partial charge in [-0.05, 0) is 18.2 Å². The van der Waals surface area contributed by atoms with Crippen LogP contribution in [-0.2, 0) is 28.6 Å². The van der Waals surface area contributed by atoms with Crippen LogP contribution < -0.4 is 5.32 Å². The van der Waals surface area contributed by atoms with E-state index in [1.165, 1.54) is 0 Å². The van der Waals surface area contributed by atoms with Crippen molar-refractivity contribution in [2.45, 2.75) is 12.5 Å². The molecule has 0 fully saturated rings. The third kappa shape index (κ3) is 5.23. The smallest absolute Gasteiger partial charge is 0.329 e. The molecule has 0 aliphatic heterocycles. The highest BCUT2D eigenvalue weighted by atomic mass is 19.2. The molecule has 0 aromatic heterocycles. The standard InChI is InChI=1S/C16H17F2NO7/c1-24-12(20)7-9(15(22)25-2)13(16(23)26-3)19-14(21)8-4-5-10(17)11(18)6-8/h4-6,9,13H,7H2,1-3H3,(H,19,21)/t9-,13+/m0/s1. The molecule has 1 aromatic carbocycles. The topological polar surface area (TPSA) is 108 Å². The summed E-state index contributed by atoms with van der Waals surface area (Å²) >= 11 is 0. The van der Waals surface area contributed by atoms with Gasteiger partial charge in [-0.15, -0.1) is 0 Å². The molecular weight excluding hydrogens is 356 g/mol. The number of esters is 3. The zero-order valence-corrected chi connectivity index (χ0v) is 14.2. The number of halogens is 2. The quantitative estimate of drug-likeness (QED) is 0.550. The van der Waals surface area contributed by atoms with Crippen LogP contribution in [-0.4, -0.2) is 51.2 Å². The van der Waals surface area contributed by atoms with Crippen molar-refractivity contribution in [1.29, 1.82) is 0 Å². The van der Waals surface area contributed by atoms with Gasteiger partial charge in [0.15, 0.2) is 11.6 Å². The summed E-state index contributed by atoms with van der Waals surface area (Å²) in [6.45, 7) is 0. The Bertz CT molecular complexity index is 708. The molecule has 0 heterocycles. The number of nitrogens with one attached hydrogen (secondary N) is 1. The molecule has 142 valence electrons. The van der Waals surface area contributed by atoms with Gasteiger partial charge >= 0.3 is 17.9 Å². The van der Waals surface area contributed by atoms with Crippen molar-refractivity contribution in [2.75, 3.05) is 21.3 Å². The second-order valence-electron chi connectivity index (χ2n) is 5.01. The summed E-state index contributed by atoms with van der Waals surface area (Å²) in [6, 6.07) is 0.707. The lowest BCUT2D eigenvalue weighted by Gasteiger charge is -2.23. The van der Waals surface area contributed by atoms with Gasteiger partial charge in [-0.1, -0.05) is 0 Å². The zero-order valence-electron chi connectivity index (χ0n) is 14.2. The highest BCUT2D eigenvalue weighted by Crippen LogP contribution is 2.16. The maximum absolute atomic E-state index is 13.3. The van der Waals surface area contributed by atoms with E-state index in [-0.39, 0.29) is 5.56 Å². The second kappa shape index (κ2) is 9.44. The van der Waals surface area contributed by atoms with Crippen molar-refractivity contribution >= 4 is 23.8 Å². The van der Waals surface area contributed by atoms with E-state index in [1.807, 2.05) is 0 Å². The minimum Gasteiger partial charge on any atom is -0.469 e. The lowest BCUT2D eigenvalue weighted by molar-refractivity contribution is -0.158. The molecule has 1 amide bonds. The van der Waals surface area contributed by atoms with Crippen LogP contribution >= 0.6 is 0 Å². The maximum Gasteiger partial charge on any atom is 0.329 e. The third-order valence-electron chi connectivity index (χ3n) is 3.44. The fraction of sp³-hybridized carbons (Fsp3) is 0.375. The molecule has 10 heteroatoms. The van der Waals surface area contributed by atoms with E-state index in [0.29, 0.717) is 6.07 Å². The number of ether oxygens (including phenoxy) is 3. The van der Waals surface area contributed by atoms with E-state index in [2.05, 4.69) is 19.5 Å². The monoisotopic (exact) mass is 373 g/mol. The predicted octanol–water partition coefficient (Wildman–Crippen LogP) is 0.588. The Morgan fingerprint density at radius 2 is 1.58 bits per heavy atom. The van der Waals surface area contributed by atoms with Crippen molar-refractivity contribution in [3.05, 3.63) is 35.4 Å². The zero-order chi connectivity index (χ0) is 19.9. The van der Waals surface area contributed by atoms with Crippen LogP contribution in [0.15, 0.2) is 18.2 Å². The van der Waals surface area contributed by atoms with Gasteiger partial charge in [0.25, 0.3) is 5.91 Å². The first-order chi connectivity index (χ1) is 12.2. The van der Waals surface area contributed by atoms with Crippen molar-refractivity contribution in [3.8, 4) is 0 Å². The second-order valence-corrected chi connectivity index (χ2v) is 5.01. The number of methoxy groups -OCH3 is 3. The average Bonchev–Trinajstić information content (AvgIpc) is 2.64. The summed E-state index contributed by atoms with van der Waals surface area (Å²) in [7, 11) is 3.10. The molecule has 0 saturated heterocycles. The SMILES string of the molecule is COC(=O)C[C@H](C(=O)OC)[C@@H](NC(=O)c1ccc(F)c(F)c1)C(=O)OC. The third-order valence-corrected chi connectivity index (χ3v) is 3.44. The summed E-state index contributed by atoms with van der Waals surface area (Å²) in [5, 5.41) is 2.16. The summed E-state index contributed by atoms with van der Waals surface area (Å²) in [5.74, 6) is -7.73. The molecule has 0 unspecified atom stereocenters. The number of hydrogen-bond acceptors (Lipinski definition) is 7. The van der Waals surface area contributed by atoms with Gasteiger partial charge in [0.2, 0.25) is 0 Å². The first-order valence-electron chi connectivity index (χ1n) is 7.23. The van der Waals surface area contributed by atoms with Gasteiger partial charge in [0, 0.05) is 5.56 Å². The lowest BCUT2D eigenvalue weighted by Crippen LogP contribution is -2.50. The fourth-order valence-corrected chi connectivity index (χ4v) is 2.06. The Kier molecular flexibility index (Phi) is 7.63. The van der Waals surface area contributed by atoms with E-state index in [4.69, 9.17) is 0 Å². The Morgan fingerprint density at radius 1 is 0.962 bits per heavy atom. The number of hydrogen-bond donors (Lipinski definition) is 1. The molecule has 0 aliphatic rings. The molecule has 0 saturated carbocycles. The minimum atomic E-state index is -1.62. The van der Waals surface area contributed by atoms with E-state index in [9.17, 15) is 28.0 Å². The van der Waals surface area contributed by atoms with Crippen LogP contribution in [0.3, 0.4) is 0 Å². The Hall–Kier alpha value is -3.04. The normalized spacial score (nSPS) is 12.5. The molecular formula is C16H17F2NO7. The van der Waals surface area contributed by atoms with Crippen LogP contribution in [0.5, 0.6) is 0 Å². The van der Waals surface area contributed by atoms with E-state index >= 15 is 0 Å². The van der Waals surface area contributed by atoms with Gasteiger partial charge in [-0.2, -0.15) is 0 Å². The Morgan fingerprint density at radius 3 is 2.08 bits per heavy atom. The van der Waals surface area contributed by atoms with Gasteiger partial charge in [0.1, 0.15) is 6.04 Å². The van der Waals surface area contributed by atoms with Gasteiger partial charge in [-0.3, -0.25) is 14.4 Å². The fourth-order valence-electron chi connectivity index (χ4n) is 2.06. The summed E-state index contributed by atoms with van der Waals surface area (Å²) in [4.78, 5) is 47.7. The van der Waals surface area contributed by atoms with Crippen molar-refractivity contribution in [3.63, 3.8) is 0 Å². The molecule has 0 spiro atoms. The molecule has 0 radical (unpaired) electrons. The van der Waals surface area contributed by atoms with Crippen LogP contribution in [0.25, 0.3) is 0 Å². The maximum atomic E-state index is 13.3. The molecule has 26 heavy (non-hydrogen) atoms. The minimum absolute atomic E-state index is 0.306. The number of benzene rings is 1. The highest BCUT2D eigenvalue weighted by Gasteiger charge is 2.38. The van der Waals surface area contributed by atoms with Crippen LogP contribution in [0.4, 0.5) is 8.78 Å². The van der Waals surface area contributed by atoms with E-state index in [1.54, 1.807) is 0 Å². The summed E-state index contributed by atoms with van der Waals surface area (Å²) in [6.07, 6.45) is -0.582. The Balaban J connectivity index is 3.15. The van der Waals surface area contributed by atoms with Gasteiger partial charge < -0.3 is 19.5 Å². The number of carbonyl (C=O) groups is 4. The van der Waals surface area contributed by atoms with Crippen molar-refractivity contribution < 1.29 is 42.2 Å². The molecule has 0 aliphatic carbocycles. The molecule has 1 N–H and O–H groups in total. The van der Waals surface area contributed by atoms with Crippen LogP contribution in [0.2, 0.25) is 0 Å². The Labute approximate surface area is 147 Å². The predicted molar refractivity (Wildman–Crippen MR) is 81.8 cm³/mol. The van der Waals surface area contributed by atoms with Gasteiger partial charge in [0.05, 0.1) is 33.7 Å². The highest BCUT2D eigenvalue weighted by molar-refractivity contribution is 5.98. The largest absolute Gasteiger partial charge is 0.469 e. The first-order valence-corrected chi connectivity index (χ1v) is 7.23. The van der Waals surface area contributed by atoms with Crippen molar-refractivity contribution in [1.82, 2.24) is 5.32 Å². The van der Waals surface area contributed by atoms with Crippen LogP contribution in [0.1, 0.15) is 16.8 Å². The average molecular weight is 373 g/mol. The van der Waals surface area contributed by atoms with Crippen LogP contribution in [0, 0.1) is 17.6 Å². The molecule has 1 rings (SSSR count). The van der Waals surface area contributed by atoms with Gasteiger partial charge in [-0.25, -0.2) is 13.6 Å². The molecule has 1 aromatic rings.